The predicted molar refractivity (Wildman–Crippen MR) is 115 cm³/mol. The van der Waals surface area contributed by atoms with E-state index in [-0.39, 0.29) is 22.7 Å². The minimum absolute atomic E-state index is 0.0586. The van der Waals surface area contributed by atoms with Gasteiger partial charge in [0.25, 0.3) is 5.56 Å². The molecule has 9 nitrogen and oxygen atoms in total. The van der Waals surface area contributed by atoms with E-state index in [0.717, 1.165) is 32.4 Å². The average molecular weight is 454 g/mol. The molecule has 0 atom stereocenters. The van der Waals surface area contributed by atoms with E-state index < -0.39 is 15.6 Å². The van der Waals surface area contributed by atoms with Crippen molar-refractivity contribution in [2.45, 2.75) is 37.6 Å². The van der Waals surface area contributed by atoms with Crippen molar-refractivity contribution in [3.63, 3.8) is 0 Å². The molecule has 2 fully saturated rings. The second-order valence-electron chi connectivity index (χ2n) is 7.99. The second-order valence-corrected chi connectivity index (χ2v) is 11.1. The minimum atomic E-state index is -3.78. The van der Waals surface area contributed by atoms with Crippen LogP contribution in [0.15, 0.2) is 16.0 Å². The van der Waals surface area contributed by atoms with Gasteiger partial charge in [0.2, 0.25) is 15.9 Å². The van der Waals surface area contributed by atoms with E-state index in [2.05, 4.69) is 9.88 Å². The van der Waals surface area contributed by atoms with Gasteiger partial charge in [-0.25, -0.2) is 13.4 Å². The average Bonchev–Trinajstić information content (AvgIpc) is 3.08. The van der Waals surface area contributed by atoms with E-state index in [9.17, 15) is 18.0 Å². The molecule has 0 spiro atoms. The van der Waals surface area contributed by atoms with Crippen molar-refractivity contribution in [3.8, 4) is 0 Å². The van der Waals surface area contributed by atoms with Crippen molar-refractivity contribution in [1.29, 1.82) is 0 Å². The Morgan fingerprint density at radius 1 is 1.10 bits per heavy atom. The van der Waals surface area contributed by atoms with Crippen molar-refractivity contribution in [1.82, 2.24) is 23.7 Å². The summed E-state index contributed by atoms with van der Waals surface area (Å²) in [7, 11) is -1.77. The van der Waals surface area contributed by atoms with E-state index in [1.54, 1.807) is 11.8 Å². The molecule has 4 rings (SSSR count). The number of carbonyl (C=O) groups is 1. The zero-order chi connectivity index (χ0) is 21.5. The number of nitrogens with zero attached hydrogens (tertiary/aromatic N) is 5. The molecule has 2 aliphatic rings. The molecule has 0 radical (unpaired) electrons. The first kappa shape index (κ1) is 21.4. The van der Waals surface area contributed by atoms with Gasteiger partial charge in [0.05, 0.1) is 11.7 Å². The van der Waals surface area contributed by atoms with Crippen LogP contribution < -0.4 is 5.56 Å². The summed E-state index contributed by atoms with van der Waals surface area (Å²) in [5.41, 5.74) is -0.470. The molecule has 0 aliphatic carbocycles. The molecule has 164 valence electrons. The summed E-state index contributed by atoms with van der Waals surface area (Å²) < 4.78 is 29.4. The van der Waals surface area contributed by atoms with E-state index in [1.807, 2.05) is 7.05 Å². The maximum atomic E-state index is 13.3. The van der Waals surface area contributed by atoms with Gasteiger partial charge in [-0.15, -0.1) is 11.3 Å². The van der Waals surface area contributed by atoms with E-state index >= 15 is 0 Å². The normalized spacial score (nSPS) is 19.5. The third-order valence-electron chi connectivity index (χ3n) is 5.87. The number of aromatic nitrogens is 2. The largest absolute Gasteiger partial charge is 0.339 e. The lowest BCUT2D eigenvalue weighted by Crippen LogP contribution is -2.48. The first-order valence-electron chi connectivity index (χ1n) is 10.2. The van der Waals surface area contributed by atoms with Gasteiger partial charge in [0.1, 0.15) is 16.3 Å². The van der Waals surface area contributed by atoms with Crippen LogP contribution >= 0.6 is 11.3 Å². The third kappa shape index (κ3) is 3.91. The summed E-state index contributed by atoms with van der Waals surface area (Å²) in [6.45, 7) is 5.33. The fraction of sp³-hybridized carbons (Fsp3) is 0.632. The Balaban J connectivity index is 1.69. The van der Waals surface area contributed by atoms with Crippen molar-refractivity contribution < 1.29 is 13.2 Å². The summed E-state index contributed by atoms with van der Waals surface area (Å²) >= 11 is 1.21. The van der Waals surface area contributed by atoms with Crippen LogP contribution in [-0.4, -0.2) is 84.3 Å². The molecule has 0 saturated carbocycles. The number of amides is 1. The number of likely N-dealkylation sites (N-methyl/N-ethyl adjacent to an activating group) is 1. The van der Waals surface area contributed by atoms with Crippen LogP contribution in [0.4, 0.5) is 0 Å². The quantitative estimate of drug-likeness (QED) is 0.677. The number of hydrogen-bond donors (Lipinski definition) is 0. The Morgan fingerprint density at radius 3 is 2.43 bits per heavy atom. The number of carbonyl (C=O) groups excluding carboxylic acids is 1. The molecule has 2 aromatic rings. The summed E-state index contributed by atoms with van der Waals surface area (Å²) in [4.78, 5) is 35.1. The van der Waals surface area contributed by atoms with Gasteiger partial charge in [0.15, 0.2) is 0 Å². The fourth-order valence-corrected chi connectivity index (χ4v) is 7.26. The SMILES string of the molecule is Cc1sc2ncn(CC(=O)N3CCN(C)CC3)c(=O)c2c1S(=O)(=O)N1CCCCC1. The van der Waals surface area contributed by atoms with Crippen molar-refractivity contribution in [2.75, 3.05) is 46.3 Å². The van der Waals surface area contributed by atoms with Gasteiger partial charge in [-0.1, -0.05) is 6.42 Å². The van der Waals surface area contributed by atoms with Crippen LogP contribution in [0.5, 0.6) is 0 Å². The smallest absolute Gasteiger partial charge is 0.263 e. The molecule has 2 aromatic heterocycles. The van der Waals surface area contributed by atoms with Gasteiger partial charge in [0, 0.05) is 44.1 Å². The fourth-order valence-electron chi connectivity index (χ4n) is 4.07. The summed E-state index contributed by atoms with van der Waals surface area (Å²) in [6, 6.07) is 0. The molecule has 11 heteroatoms. The van der Waals surface area contributed by atoms with Crippen LogP contribution in [0, 0.1) is 6.92 Å². The third-order valence-corrected chi connectivity index (χ3v) is 9.09. The molecule has 0 N–H and O–H groups in total. The second kappa shape index (κ2) is 8.37. The molecule has 1 amide bonds. The first-order valence-corrected chi connectivity index (χ1v) is 12.5. The number of sulfonamides is 1. The predicted octanol–water partition coefficient (Wildman–Crippen LogP) is 0.715. The molecular weight excluding hydrogens is 426 g/mol. The molecular formula is C19H27N5O4S2. The molecule has 2 aliphatic heterocycles. The summed E-state index contributed by atoms with van der Waals surface area (Å²) in [5.74, 6) is -0.154. The Morgan fingerprint density at radius 2 is 1.77 bits per heavy atom. The Bertz CT molecular complexity index is 1110. The highest BCUT2D eigenvalue weighted by Gasteiger charge is 2.32. The zero-order valence-electron chi connectivity index (χ0n) is 17.3. The van der Waals surface area contributed by atoms with Crippen molar-refractivity contribution in [2.24, 2.45) is 0 Å². The maximum absolute atomic E-state index is 13.3. The zero-order valence-corrected chi connectivity index (χ0v) is 19.0. The van der Waals surface area contributed by atoms with Crippen molar-refractivity contribution in [3.05, 3.63) is 21.6 Å². The van der Waals surface area contributed by atoms with Crippen LogP contribution in [0.3, 0.4) is 0 Å². The standard InChI is InChI=1S/C19H27N5O4S2/c1-14-17(30(27,28)24-6-4-3-5-7-24)16-18(29-14)20-13-23(19(16)26)12-15(25)22-10-8-21(2)9-11-22/h13H,3-12H2,1-2H3. The topological polar surface area (TPSA) is 95.8 Å². The molecule has 0 unspecified atom stereocenters. The molecule has 0 aromatic carbocycles. The lowest BCUT2D eigenvalue weighted by Gasteiger charge is -2.32. The van der Waals surface area contributed by atoms with Crippen LogP contribution in [-0.2, 0) is 21.4 Å². The first-order chi connectivity index (χ1) is 14.3. The Kier molecular flexibility index (Phi) is 5.97. The lowest BCUT2D eigenvalue weighted by atomic mass is 10.2. The Hall–Kier alpha value is -1.82. The highest BCUT2D eigenvalue weighted by molar-refractivity contribution is 7.89. The number of rotatable bonds is 4. The minimum Gasteiger partial charge on any atom is -0.339 e. The maximum Gasteiger partial charge on any atom is 0.263 e. The molecule has 30 heavy (non-hydrogen) atoms. The monoisotopic (exact) mass is 453 g/mol. The highest BCUT2D eigenvalue weighted by Crippen LogP contribution is 2.33. The number of piperidine rings is 1. The summed E-state index contributed by atoms with van der Waals surface area (Å²) in [5, 5.41) is 0.108. The van der Waals surface area contributed by atoms with Crippen LogP contribution in [0.2, 0.25) is 0 Å². The van der Waals surface area contributed by atoms with Gasteiger partial charge >= 0.3 is 0 Å². The number of piperazine rings is 1. The van der Waals surface area contributed by atoms with E-state index in [4.69, 9.17) is 0 Å². The van der Waals surface area contributed by atoms with E-state index in [0.29, 0.717) is 35.9 Å². The number of thiophene rings is 1. The molecule has 2 saturated heterocycles. The van der Waals surface area contributed by atoms with E-state index in [1.165, 1.54) is 26.5 Å². The highest BCUT2D eigenvalue weighted by atomic mass is 32.2. The van der Waals surface area contributed by atoms with Crippen LogP contribution in [0.1, 0.15) is 24.1 Å². The summed E-state index contributed by atoms with van der Waals surface area (Å²) in [6.07, 6.45) is 4.01. The number of hydrogen-bond acceptors (Lipinski definition) is 7. The Labute approximate surface area is 179 Å². The lowest BCUT2D eigenvalue weighted by molar-refractivity contribution is -0.133. The van der Waals surface area contributed by atoms with Gasteiger partial charge < -0.3 is 9.80 Å². The molecule has 0 bridgehead atoms. The number of aryl methyl sites for hydroxylation is 1. The molecule has 4 heterocycles. The number of fused-ring (bicyclic) bond motifs is 1. The van der Waals surface area contributed by atoms with Crippen LogP contribution in [0.25, 0.3) is 10.2 Å². The van der Waals surface area contributed by atoms with Gasteiger partial charge in [-0.3, -0.25) is 14.2 Å². The van der Waals surface area contributed by atoms with Gasteiger partial charge in [-0.2, -0.15) is 4.31 Å². The van der Waals surface area contributed by atoms with Gasteiger partial charge in [-0.05, 0) is 26.8 Å². The van der Waals surface area contributed by atoms with Crippen molar-refractivity contribution >= 4 is 37.5 Å².